The van der Waals surface area contributed by atoms with E-state index in [0.29, 0.717) is 13.2 Å². The van der Waals surface area contributed by atoms with Crippen LogP contribution in [0.2, 0.25) is 0 Å². The second-order valence-electron chi connectivity index (χ2n) is 6.44. The molecule has 6 nitrogen and oxygen atoms in total. The van der Waals surface area contributed by atoms with Crippen LogP contribution < -0.4 is 4.74 Å². The van der Waals surface area contributed by atoms with Crippen molar-refractivity contribution in [2.24, 2.45) is 0 Å². The largest absolute Gasteiger partial charge is 0.493 e. The van der Waals surface area contributed by atoms with Crippen molar-refractivity contribution in [2.75, 3.05) is 26.4 Å². The second-order valence-corrected chi connectivity index (χ2v) is 6.44. The molecule has 1 saturated heterocycles. The number of hydrogen-bond acceptors (Lipinski definition) is 4. The van der Waals surface area contributed by atoms with Crippen LogP contribution in [0.15, 0.2) is 18.2 Å². The van der Waals surface area contributed by atoms with Gasteiger partial charge in [-0.25, -0.2) is 0 Å². The quantitative estimate of drug-likeness (QED) is 0.780. The molecule has 0 unspecified atom stereocenters. The second kappa shape index (κ2) is 9.42. The van der Waals surface area contributed by atoms with Gasteiger partial charge in [-0.1, -0.05) is 17.7 Å². The van der Waals surface area contributed by atoms with Crippen LogP contribution in [0.25, 0.3) is 0 Å². The monoisotopic (exact) mass is 349 g/mol. The number of benzene rings is 1. The number of amides is 1. The van der Waals surface area contributed by atoms with Gasteiger partial charge in [0, 0.05) is 25.8 Å². The van der Waals surface area contributed by atoms with Crippen molar-refractivity contribution in [3.63, 3.8) is 0 Å². The van der Waals surface area contributed by atoms with E-state index in [1.54, 1.807) is 4.90 Å². The van der Waals surface area contributed by atoms with Gasteiger partial charge in [0.15, 0.2) is 0 Å². The number of rotatable bonds is 8. The van der Waals surface area contributed by atoms with Crippen LogP contribution in [0.3, 0.4) is 0 Å². The van der Waals surface area contributed by atoms with Crippen LogP contribution in [0.1, 0.15) is 36.8 Å². The topological polar surface area (TPSA) is 76.1 Å². The Morgan fingerprint density at radius 1 is 1.24 bits per heavy atom. The summed E-state index contributed by atoms with van der Waals surface area (Å²) in [5.74, 6) is -0.171. The summed E-state index contributed by atoms with van der Waals surface area (Å²) in [4.78, 5) is 25.2. The van der Waals surface area contributed by atoms with Crippen molar-refractivity contribution in [3.05, 3.63) is 29.3 Å². The summed E-state index contributed by atoms with van der Waals surface area (Å²) in [6.45, 7) is 5.75. The number of aryl methyl sites for hydroxylation is 2. The lowest BCUT2D eigenvalue weighted by molar-refractivity contribution is -0.140. The van der Waals surface area contributed by atoms with Crippen LogP contribution in [-0.4, -0.2) is 54.3 Å². The van der Waals surface area contributed by atoms with Gasteiger partial charge in [-0.3, -0.25) is 9.59 Å². The average molecular weight is 349 g/mol. The van der Waals surface area contributed by atoms with E-state index >= 15 is 0 Å². The van der Waals surface area contributed by atoms with E-state index < -0.39 is 5.97 Å². The fraction of sp³-hybridized carbons (Fsp3) is 0.579. The highest BCUT2D eigenvalue weighted by Gasteiger charge is 2.26. The third-order valence-corrected chi connectivity index (χ3v) is 4.42. The van der Waals surface area contributed by atoms with Crippen molar-refractivity contribution >= 4 is 11.9 Å². The van der Waals surface area contributed by atoms with Gasteiger partial charge in [-0.05, 0) is 38.3 Å². The molecule has 1 aromatic carbocycles. The van der Waals surface area contributed by atoms with E-state index in [1.807, 2.05) is 32.0 Å². The Morgan fingerprint density at radius 2 is 1.96 bits per heavy atom. The molecular weight excluding hydrogens is 322 g/mol. The van der Waals surface area contributed by atoms with Crippen LogP contribution in [-0.2, 0) is 14.3 Å². The van der Waals surface area contributed by atoms with E-state index in [1.165, 1.54) is 5.56 Å². The maximum atomic E-state index is 12.6. The third-order valence-electron chi connectivity index (χ3n) is 4.42. The molecule has 0 aromatic heterocycles. The molecule has 0 radical (unpaired) electrons. The van der Waals surface area contributed by atoms with Crippen LogP contribution >= 0.6 is 0 Å². The van der Waals surface area contributed by atoms with Crippen LogP contribution in [0.5, 0.6) is 5.75 Å². The first-order chi connectivity index (χ1) is 12.0. The summed E-state index contributed by atoms with van der Waals surface area (Å²) in [5, 5.41) is 8.93. The van der Waals surface area contributed by atoms with Crippen molar-refractivity contribution < 1.29 is 24.2 Å². The zero-order valence-electron chi connectivity index (χ0n) is 15.0. The molecule has 1 aromatic rings. The summed E-state index contributed by atoms with van der Waals surface area (Å²) in [5.41, 5.74) is 2.21. The molecule has 0 aliphatic carbocycles. The molecule has 0 spiro atoms. The minimum atomic E-state index is -0.892. The molecule has 1 heterocycles. The molecule has 2 rings (SSSR count). The fourth-order valence-corrected chi connectivity index (χ4v) is 3.08. The standard InChI is InChI=1S/C19H27NO5/c1-14-3-4-17(15(2)13-14)25-12-8-18(21)20(9-5-19(22)23)16-6-10-24-11-7-16/h3-4,13,16H,5-12H2,1-2H3,(H,22,23). The molecule has 1 aliphatic heterocycles. The summed E-state index contributed by atoms with van der Waals surface area (Å²) in [7, 11) is 0. The van der Waals surface area contributed by atoms with E-state index in [4.69, 9.17) is 14.6 Å². The minimum Gasteiger partial charge on any atom is -0.493 e. The first kappa shape index (κ1) is 19.2. The first-order valence-corrected chi connectivity index (χ1v) is 8.76. The van der Waals surface area contributed by atoms with Gasteiger partial charge in [0.2, 0.25) is 5.91 Å². The third kappa shape index (κ3) is 6.05. The highest BCUT2D eigenvalue weighted by Crippen LogP contribution is 2.20. The Labute approximate surface area is 148 Å². The van der Waals surface area contributed by atoms with Crippen molar-refractivity contribution in [2.45, 2.75) is 45.6 Å². The molecule has 1 N–H and O–H groups in total. The zero-order chi connectivity index (χ0) is 18.2. The lowest BCUT2D eigenvalue weighted by Gasteiger charge is -2.34. The number of nitrogens with zero attached hydrogens (tertiary/aromatic N) is 1. The smallest absolute Gasteiger partial charge is 0.305 e. The van der Waals surface area contributed by atoms with Gasteiger partial charge in [0.25, 0.3) is 0 Å². The summed E-state index contributed by atoms with van der Waals surface area (Å²) < 4.78 is 11.1. The summed E-state index contributed by atoms with van der Waals surface area (Å²) in [6.07, 6.45) is 1.71. The zero-order valence-corrected chi connectivity index (χ0v) is 15.0. The van der Waals surface area contributed by atoms with Gasteiger partial charge < -0.3 is 19.5 Å². The number of carbonyl (C=O) groups is 2. The van der Waals surface area contributed by atoms with Crippen molar-refractivity contribution in [3.8, 4) is 5.75 Å². The lowest BCUT2D eigenvalue weighted by Crippen LogP contribution is -2.44. The Balaban J connectivity index is 1.90. The van der Waals surface area contributed by atoms with Crippen molar-refractivity contribution in [1.82, 2.24) is 4.90 Å². The minimum absolute atomic E-state index is 0.0407. The Hall–Kier alpha value is -2.08. The SMILES string of the molecule is Cc1ccc(OCCC(=O)N(CCC(=O)O)C2CCOCC2)c(C)c1. The van der Waals surface area contributed by atoms with E-state index in [9.17, 15) is 9.59 Å². The molecule has 1 amide bonds. The number of aliphatic carboxylic acids is 1. The predicted molar refractivity (Wildman–Crippen MR) is 93.8 cm³/mol. The van der Waals surface area contributed by atoms with Crippen molar-refractivity contribution in [1.29, 1.82) is 0 Å². The fourth-order valence-electron chi connectivity index (χ4n) is 3.08. The summed E-state index contributed by atoms with van der Waals surface area (Å²) in [6, 6.07) is 5.99. The number of carboxylic acids is 1. The predicted octanol–water partition coefficient (Wildman–Crippen LogP) is 2.55. The Kier molecular flexibility index (Phi) is 7.25. The van der Waals surface area contributed by atoms with Gasteiger partial charge in [-0.2, -0.15) is 0 Å². The summed E-state index contributed by atoms with van der Waals surface area (Å²) >= 11 is 0. The molecule has 0 saturated carbocycles. The molecule has 1 aliphatic rings. The molecule has 0 atom stereocenters. The van der Waals surface area contributed by atoms with Gasteiger partial charge >= 0.3 is 5.97 Å². The molecule has 1 fully saturated rings. The van der Waals surface area contributed by atoms with E-state index in [2.05, 4.69) is 0 Å². The maximum absolute atomic E-state index is 12.6. The number of hydrogen-bond donors (Lipinski definition) is 1. The highest BCUT2D eigenvalue weighted by molar-refractivity contribution is 5.77. The van der Waals surface area contributed by atoms with Crippen LogP contribution in [0.4, 0.5) is 0 Å². The van der Waals surface area contributed by atoms with E-state index in [0.717, 1.165) is 24.2 Å². The number of carbonyl (C=O) groups excluding carboxylic acids is 1. The lowest BCUT2D eigenvalue weighted by atomic mass is 10.1. The number of ether oxygens (including phenoxy) is 2. The maximum Gasteiger partial charge on any atom is 0.305 e. The first-order valence-electron chi connectivity index (χ1n) is 8.76. The highest BCUT2D eigenvalue weighted by atomic mass is 16.5. The van der Waals surface area contributed by atoms with Gasteiger partial charge in [0.1, 0.15) is 5.75 Å². The van der Waals surface area contributed by atoms with Gasteiger partial charge in [-0.15, -0.1) is 0 Å². The normalized spacial score (nSPS) is 15.0. The molecule has 0 bridgehead atoms. The Morgan fingerprint density at radius 3 is 2.60 bits per heavy atom. The molecule has 6 heteroatoms. The molecule has 25 heavy (non-hydrogen) atoms. The number of carboxylic acid groups (broad SMARTS) is 1. The van der Waals surface area contributed by atoms with Gasteiger partial charge in [0.05, 0.1) is 19.4 Å². The molecule has 138 valence electrons. The van der Waals surface area contributed by atoms with Crippen LogP contribution in [0, 0.1) is 13.8 Å². The average Bonchev–Trinajstić information content (AvgIpc) is 2.58. The van der Waals surface area contributed by atoms with E-state index in [-0.39, 0.29) is 37.9 Å². The molecular formula is C19H27NO5. The Bertz CT molecular complexity index is 595.